The lowest BCUT2D eigenvalue weighted by Gasteiger charge is -2.08. The Bertz CT molecular complexity index is 708. The van der Waals surface area contributed by atoms with Crippen molar-refractivity contribution in [1.29, 1.82) is 0 Å². The summed E-state index contributed by atoms with van der Waals surface area (Å²) in [5, 5.41) is 8.46. The van der Waals surface area contributed by atoms with Crippen molar-refractivity contribution >= 4 is 40.4 Å². The Hall–Kier alpha value is -1.78. The second-order valence-corrected chi connectivity index (χ2v) is 4.52. The van der Waals surface area contributed by atoms with Crippen LogP contribution in [0.4, 0.5) is 11.5 Å². The van der Waals surface area contributed by atoms with Crippen LogP contribution in [0, 0.1) is 0 Å². The highest BCUT2D eigenvalue weighted by molar-refractivity contribution is 6.31. The number of rotatable bonds is 2. The number of hydrogen-bond acceptors (Lipinski definition) is 3. The standard InChI is InChI=1S/C12H8Cl2N4/c13-8-2-1-3-9(6-8)16-12-7-10(14)17-11-4-5-15-18(11)12/h1-7,16H. The predicted octanol–water partition coefficient (Wildman–Crippen LogP) is 3.78. The molecule has 0 saturated heterocycles. The largest absolute Gasteiger partial charge is 0.340 e. The van der Waals surface area contributed by atoms with Crippen LogP contribution in [0.3, 0.4) is 0 Å². The minimum atomic E-state index is 0.410. The molecule has 0 radical (unpaired) electrons. The van der Waals surface area contributed by atoms with Crippen molar-refractivity contribution in [1.82, 2.24) is 14.6 Å². The number of nitrogens with one attached hydrogen (secondary N) is 1. The minimum Gasteiger partial charge on any atom is -0.340 e. The lowest BCUT2D eigenvalue weighted by Crippen LogP contribution is -2.01. The molecule has 0 atom stereocenters. The maximum Gasteiger partial charge on any atom is 0.159 e. The molecule has 0 bridgehead atoms. The summed E-state index contributed by atoms with van der Waals surface area (Å²) < 4.78 is 1.67. The Balaban J connectivity index is 2.06. The van der Waals surface area contributed by atoms with Gasteiger partial charge in [-0.15, -0.1) is 0 Å². The molecule has 0 fully saturated rings. The van der Waals surface area contributed by atoms with Gasteiger partial charge in [-0.25, -0.2) is 4.98 Å². The van der Waals surface area contributed by atoms with E-state index in [0.29, 0.717) is 15.8 Å². The summed E-state index contributed by atoms with van der Waals surface area (Å²) in [4.78, 5) is 4.16. The summed E-state index contributed by atoms with van der Waals surface area (Å²) in [6.07, 6.45) is 1.67. The molecule has 6 heteroatoms. The first kappa shape index (κ1) is 11.3. The summed E-state index contributed by atoms with van der Waals surface area (Å²) in [7, 11) is 0. The van der Waals surface area contributed by atoms with Crippen molar-refractivity contribution in [3.05, 3.63) is 52.8 Å². The molecule has 2 aromatic heterocycles. The zero-order valence-corrected chi connectivity index (χ0v) is 10.7. The molecule has 90 valence electrons. The highest BCUT2D eigenvalue weighted by Gasteiger charge is 2.05. The Labute approximate surface area is 113 Å². The van der Waals surface area contributed by atoms with Crippen LogP contribution >= 0.6 is 23.2 Å². The minimum absolute atomic E-state index is 0.410. The molecule has 3 rings (SSSR count). The molecule has 0 unspecified atom stereocenters. The lowest BCUT2D eigenvalue weighted by atomic mass is 10.3. The average molecular weight is 279 g/mol. The maximum atomic E-state index is 5.96. The molecule has 0 saturated carbocycles. The Kier molecular flexibility index (Phi) is 2.81. The van der Waals surface area contributed by atoms with Gasteiger partial charge in [-0.3, -0.25) is 0 Å². The molecule has 2 heterocycles. The average Bonchev–Trinajstić information content (AvgIpc) is 2.77. The van der Waals surface area contributed by atoms with E-state index in [-0.39, 0.29) is 0 Å². The van der Waals surface area contributed by atoms with E-state index in [1.165, 1.54) is 0 Å². The molecule has 1 N–H and O–H groups in total. The number of halogens is 2. The van der Waals surface area contributed by atoms with Crippen LogP contribution in [-0.2, 0) is 0 Å². The smallest absolute Gasteiger partial charge is 0.159 e. The van der Waals surface area contributed by atoms with E-state index in [1.807, 2.05) is 24.3 Å². The van der Waals surface area contributed by atoms with Gasteiger partial charge in [-0.2, -0.15) is 9.61 Å². The summed E-state index contributed by atoms with van der Waals surface area (Å²) in [5.41, 5.74) is 1.55. The fourth-order valence-corrected chi connectivity index (χ4v) is 2.07. The molecule has 0 spiro atoms. The SMILES string of the molecule is Clc1cccc(Nc2cc(Cl)nc3ccnn23)c1. The Morgan fingerprint density at radius 2 is 2.00 bits per heavy atom. The van der Waals surface area contributed by atoms with Crippen LogP contribution in [0.1, 0.15) is 0 Å². The first-order valence-electron chi connectivity index (χ1n) is 5.25. The third kappa shape index (κ3) is 2.12. The van der Waals surface area contributed by atoms with Gasteiger partial charge in [0.15, 0.2) is 5.65 Å². The maximum absolute atomic E-state index is 5.96. The monoisotopic (exact) mass is 278 g/mol. The summed E-state index contributed by atoms with van der Waals surface area (Å²) >= 11 is 11.9. The topological polar surface area (TPSA) is 42.2 Å². The number of aromatic nitrogens is 3. The molecule has 0 aliphatic rings. The first-order chi connectivity index (χ1) is 8.72. The fraction of sp³-hybridized carbons (Fsp3) is 0. The van der Waals surface area contributed by atoms with Crippen LogP contribution in [0.2, 0.25) is 10.2 Å². The van der Waals surface area contributed by atoms with Gasteiger partial charge in [0.05, 0.1) is 6.20 Å². The second kappa shape index (κ2) is 4.48. The molecular weight excluding hydrogens is 271 g/mol. The van der Waals surface area contributed by atoms with Crippen LogP contribution in [0.25, 0.3) is 5.65 Å². The third-order valence-corrected chi connectivity index (χ3v) is 2.85. The van der Waals surface area contributed by atoms with Gasteiger partial charge in [-0.05, 0) is 18.2 Å². The van der Waals surface area contributed by atoms with Crippen molar-refractivity contribution < 1.29 is 0 Å². The van der Waals surface area contributed by atoms with E-state index in [0.717, 1.165) is 11.5 Å². The predicted molar refractivity (Wildman–Crippen MR) is 72.7 cm³/mol. The van der Waals surface area contributed by atoms with Crippen molar-refractivity contribution in [3.63, 3.8) is 0 Å². The Morgan fingerprint density at radius 1 is 1.11 bits per heavy atom. The van der Waals surface area contributed by atoms with Gasteiger partial charge >= 0.3 is 0 Å². The van der Waals surface area contributed by atoms with Crippen LogP contribution in [0.15, 0.2) is 42.6 Å². The highest BCUT2D eigenvalue weighted by atomic mass is 35.5. The molecule has 0 aliphatic carbocycles. The van der Waals surface area contributed by atoms with E-state index in [4.69, 9.17) is 23.2 Å². The van der Waals surface area contributed by atoms with Gasteiger partial charge in [0, 0.05) is 22.8 Å². The lowest BCUT2D eigenvalue weighted by molar-refractivity contribution is 0.947. The van der Waals surface area contributed by atoms with Gasteiger partial charge in [0.1, 0.15) is 11.0 Å². The molecule has 4 nitrogen and oxygen atoms in total. The van der Waals surface area contributed by atoms with Gasteiger partial charge in [0.25, 0.3) is 0 Å². The highest BCUT2D eigenvalue weighted by Crippen LogP contribution is 2.22. The number of fused-ring (bicyclic) bond motifs is 1. The Morgan fingerprint density at radius 3 is 2.83 bits per heavy atom. The number of hydrogen-bond donors (Lipinski definition) is 1. The van der Waals surface area contributed by atoms with Crippen LogP contribution < -0.4 is 5.32 Å². The molecule has 0 amide bonds. The summed E-state index contributed by atoms with van der Waals surface area (Å²) in [6, 6.07) is 10.9. The molecule has 18 heavy (non-hydrogen) atoms. The van der Waals surface area contributed by atoms with E-state index in [2.05, 4.69) is 15.4 Å². The van der Waals surface area contributed by atoms with E-state index in [9.17, 15) is 0 Å². The summed E-state index contributed by atoms with van der Waals surface area (Å²) in [6.45, 7) is 0. The number of benzene rings is 1. The van der Waals surface area contributed by atoms with Crippen molar-refractivity contribution in [2.24, 2.45) is 0 Å². The third-order valence-electron chi connectivity index (χ3n) is 2.43. The van der Waals surface area contributed by atoms with Gasteiger partial charge in [0.2, 0.25) is 0 Å². The quantitative estimate of drug-likeness (QED) is 0.726. The van der Waals surface area contributed by atoms with Gasteiger partial charge in [-0.1, -0.05) is 29.3 Å². The zero-order chi connectivity index (χ0) is 12.5. The van der Waals surface area contributed by atoms with E-state index >= 15 is 0 Å². The zero-order valence-electron chi connectivity index (χ0n) is 9.14. The van der Waals surface area contributed by atoms with Crippen molar-refractivity contribution in [3.8, 4) is 0 Å². The molecule has 1 aromatic carbocycles. The van der Waals surface area contributed by atoms with Crippen molar-refractivity contribution in [2.45, 2.75) is 0 Å². The van der Waals surface area contributed by atoms with Crippen molar-refractivity contribution in [2.75, 3.05) is 5.32 Å². The first-order valence-corrected chi connectivity index (χ1v) is 6.01. The number of anilines is 2. The van der Waals surface area contributed by atoms with Crippen LogP contribution in [0.5, 0.6) is 0 Å². The van der Waals surface area contributed by atoms with Crippen LogP contribution in [-0.4, -0.2) is 14.6 Å². The van der Waals surface area contributed by atoms with E-state index in [1.54, 1.807) is 22.8 Å². The normalized spacial score (nSPS) is 10.8. The molecule has 3 aromatic rings. The molecule has 0 aliphatic heterocycles. The summed E-state index contributed by atoms with van der Waals surface area (Å²) in [5.74, 6) is 0.734. The fourth-order valence-electron chi connectivity index (χ4n) is 1.69. The second-order valence-electron chi connectivity index (χ2n) is 3.70. The molecular formula is C12H8Cl2N4. The number of nitrogens with zero attached hydrogens (tertiary/aromatic N) is 3. The van der Waals surface area contributed by atoms with E-state index < -0.39 is 0 Å². The van der Waals surface area contributed by atoms with Gasteiger partial charge < -0.3 is 5.32 Å².